The van der Waals surface area contributed by atoms with Gasteiger partial charge in [0.15, 0.2) is 0 Å². The quantitative estimate of drug-likeness (QED) is 0.662. The Balaban J connectivity index is 2.83. The molecule has 2 nitrogen and oxygen atoms in total. The first kappa shape index (κ1) is 7.31. The van der Waals surface area contributed by atoms with Crippen molar-refractivity contribution in [3.63, 3.8) is 0 Å². The maximum absolute atomic E-state index is 13.1. The zero-order valence-electron chi connectivity index (χ0n) is 6.47. The van der Waals surface area contributed by atoms with Crippen molar-refractivity contribution in [2.75, 3.05) is 0 Å². The van der Waals surface area contributed by atoms with Gasteiger partial charge in [0.25, 0.3) is 0 Å². The number of H-pyrrole nitrogens is 1. The fourth-order valence-corrected chi connectivity index (χ4v) is 1.38. The highest BCUT2D eigenvalue weighted by Crippen LogP contribution is 2.19. The molecule has 0 spiro atoms. The van der Waals surface area contributed by atoms with E-state index in [0.29, 0.717) is 5.56 Å². The van der Waals surface area contributed by atoms with E-state index in [1.54, 1.807) is 12.3 Å². The lowest BCUT2D eigenvalue weighted by atomic mass is 10.1. The van der Waals surface area contributed by atoms with Gasteiger partial charge in [-0.05, 0) is 18.2 Å². The van der Waals surface area contributed by atoms with Crippen LogP contribution in [0.15, 0.2) is 24.4 Å². The highest BCUT2D eigenvalue weighted by molar-refractivity contribution is 5.83. The summed E-state index contributed by atoms with van der Waals surface area (Å²) in [7, 11) is 0. The van der Waals surface area contributed by atoms with Crippen molar-refractivity contribution in [2.24, 2.45) is 5.73 Å². The Labute approximate surface area is 69.2 Å². The molecule has 0 saturated heterocycles. The lowest BCUT2D eigenvalue weighted by molar-refractivity contribution is 0.613. The van der Waals surface area contributed by atoms with E-state index in [1.807, 2.05) is 6.07 Å². The minimum atomic E-state index is -0.232. The maximum atomic E-state index is 13.1. The Morgan fingerprint density at radius 3 is 2.92 bits per heavy atom. The average molecular weight is 164 g/mol. The van der Waals surface area contributed by atoms with Crippen molar-refractivity contribution in [3.05, 3.63) is 35.8 Å². The van der Waals surface area contributed by atoms with E-state index >= 15 is 0 Å². The van der Waals surface area contributed by atoms with Crippen molar-refractivity contribution in [3.8, 4) is 0 Å². The molecular weight excluding hydrogens is 155 g/mol. The van der Waals surface area contributed by atoms with Crippen molar-refractivity contribution in [1.29, 1.82) is 0 Å². The van der Waals surface area contributed by atoms with Crippen LogP contribution in [0, 0.1) is 5.82 Å². The number of rotatable bonds is 1. The van der Waals surface area contributed by atoms with Crippen LogP contribution in [0.4, 0.5) is 4.39 Å². The lowest BCUT2D eigenvalue weighted by Gasteiger charge is -2.00. The molecule has 0 saturated carbocycles. The Morgan fingerprint density at radius 2 is 2.17 bits per heavy atom. The number of hydrogen-bond acceptors (Lipinski definition) is 1. The van der Waals surface area contributed by atoms with Crippen LogP contribution in [0.25, 0.3) is 10.9 Å². The van der Waals surface area contributed by atoms with Gasteiger partial charge in [0.05, 0.1) is 0 Å². The predicted molar refractivity (Wildman–Crippen MR) is 46.1 cm³/mol. The van der Waals surface area contributed by atoms with Gasteiger partial charge in [-0.3, -0.25) is 0 Å². The molecule has 2 rings (SSSR count). The van der Waals surface area contributed by atoms with E-state index in [1.165, 1.54) is 6.07 Å². The standard InChI is InChI=1S/C9H9FN2/c10-8-1-2-9-6(3-4-12-9)7(8)5-11/h1-4,12H,5,11H2. The van der Waals surface area contributed by atoms with Crippen LogP contribution >= 0.6 is 0 Å². The summed E-state index contributed by atoms with van der Waals surface area (Å²) >= 11 is 0. The second-order valence-electron chi connectivity index (χ2n) is 2.67. The summed E-state index contributed by atoms with van der Waals surface area (Å²) in [6.45, 7) is 0.237. The first-order chi connectivity index (χ1) is 5.83. The van der Waals surface area contributed by atoms with E-state index in [0.717, 1.165) is 10.9 Å². The highest BCUT2D eigenvalue weighted by Gasteiger charge is 2.05. The fraction of sp³-hybridized carbons (Fsp3) is 0.111. The van der Waals surface area contributed by atoms with Crippen molar-refractivity contribution >= 4 is 10.9 Å². The van der Waals surface area contributed by atoms with Crippen LogP contribution in [0.2, 0.25) is 0 Å². The minimum Gasteiger partial charge on any atom is -0.361 e. The minimum absolute atomic E-state index is 0.232. The zero-order valence-corrected chi connectivity index (χ0v) is 6.47. The van der Waals surface area contributed by atoms with Gasteiger partial charge in [-0.25, -0.2) is 4.39 Å². The van der Waals surface area contributed by atoms with Crippen molar-refractivity contribution < 1.29 is 4.39 Å². The number of benzene rings is 1. The van der Waals surface area contributed by atoms with E-state index in [2.05, 4.69) is 4.98 Å². The highest BCUT2D eigenvalue weighted by atomic mass is 19.1. The number of hydrogen-bond donors (Lipinski definition) is 2. The van der Waals surface area contributed by atoms with Gasteiger partial charge >= 0.3 is 0 Å². The molecule has 0 radical (unpaired) electrons. The van der Waals surface area contributed by atoms with Gasteiger partial charge in [-0.15, -0.1) is 0 Å². The Bertz CT molecular complexity index is 406. The van der Waals surface area contributed by atoms with E-state index in [4.69, 9.17) is 5.73 Å². The van der Waals surface area contributed by atoms with Gasteiger partial charge < -0.3 is 10.7 Å². The van der Waals surface area contributed by atoms with Gasteiger partial charge in [-0.1, -0.05) is 0 Å². The zero-order chi connectivity index (χ0) is 8.55. The molecule has 0 aliphatic heterocycles. The summed E-state index contributed by atoms with van der Waals surface area (Å²) in [6.07, 6.45) is 1.78. The number of aromatic nitrogens is 1. The molecule has 0 bridgehead atoms. The van der Waals surface area contributed by atoms with Crippen molar-refractivity contribution in [1.82, 2.24) is 4.98 Å². The number of halogens is 1. The third kappa shape index (κ3) is 0.905. The van der Waals surface area contributed by atoms with Crippen LogP contribution in [-0.4, -0.2) is 4.98 Å². The van der Waals surface area contributed by atoms with E-state index < -0.39 is 0 Å². The van der Waals surface area contributed by atoms with E-state index in [-0.39, 0.29) is 12.4 Å². The molecule has 3 heteroatoms. The second-order valence-corrected chi connectivity index (χ2v) is 2.67. The molecule has 1 aromatic heterocycles. The summed E-state index contributed by atoms with van der Waals surface area (Å²) in [5, 5.41) is 0.873. The van der Waals surface area contributed by atoms with Gasteiger partial charge in [-0.2, -0.15) is 0 Å². The van der Waals surface area contributed by atoms with Crippen LogP contribution in [0.1, 0.15) is 5.56 Å². The molecule has 3 N–H and O–H groups in total. The molecule has 1 heterocycles. The molecule has 0 fully saturated rings. The number of aromatic amines is 1. The largest absolute Gasteiger partial charge is 0.361 e. The fourth-order valence-electron chi connectivity index (χ4n) is 1.38. The van der Waals surface area contributed by atoms with Crippen LogP contribution in [0.3, 0.4) is 0 Å². The summed E-state index contributed by atoms with van der Waals surface area (Å²) < 4.78 is 13.1. The van der Waals surface area contributed by atoms with Gasteiger partial charge in [0.2, 0.25) is 0 Å². The molecule has 0 aliphatic rings. The summed E-state index contributed by atoms with van der Waals surface area (Å²) in [4.78, 5) is 3.00. The molecule has 0 aliphatic carbocycles. The first-order valence-electron chi connectivity index (χ1n) is 3.77. The molecule has 62 valence electrons. The maximum Gasteiger partial charge on any atom is 0.128 e. The van der Waals surface area contributed by atoms with Gasteiger partial charge in [0, 0.05) is 29.2 Å². The summed E-state index contributed by atoms with van der Waals surface area (Å²) in [5.41, 5.74) is 6.93. The number of nitrogens with one attached hydrogen (secondary N) is 1. The Kier molecular flexibility index (Phi) is 1.59. The summed E-state index contributed by atoms with van der Waals surface area (Å²) in [5.74, 6) is -0.232. The molecule has 0 amide bonds. The molecule has 0 unspecified atom stereocenters. The van der Waals surface area contributed by atoms with Crippen LogP contribution in [-0.2, 0) is 6.54 Å². The van der Waals surface area contributed by atoms with Crippen molar-refractivity contribution in [2.45, 2.75) is 6.54 Å². The third-order valence-corrected chi connectivity index (χ3v) is 1.99. The first-order valence-corrected chi connectivity index (χ1v) is 3.77. The molecular formula is C9H9FN2. The third-order valence-electron chi connectivity index (χ3n) is 1.99. The molecule has 12 heavy (non-hydrogen) atoms. The number of nitrogens with two attached hydrogens (primary N) is 1. The average Bonchev–Trinajstić information content (AvgIpc) is 2.52. The molecule has 0 atom stereocenters. The Morgan fingerprint density at radius 1 is 1.33 bits per heavy atom. The number of fused-ring (bicyclic) bond motifs is 1. The monoisotopic (exact) mass is 164 g/mol. The molecule has 1 aromatic carbocycles. The topological polar surface area (TPSA) is 41.8 Å². The van der Waals surface area contributed by atoms with Gasteiger partial charge in [0.1, 0.15) is 5.82 Å². The Hall–Kier alpha value is -1.35. The normalized spacial score (nSPS) is 10.8. The predicted octanol–water partition coefficient (Wildman–Crippen LogP) is 1.77. The second kappa shape index (κ2) is 2.60. The lowest BCUT2D eigenvalue weighted by Crippen LogP contribution is -1.99. The molecule has 2 aromatic rings. The smallest absolute Gasteiger partial charge is 0.128 e. The van der Waals surface area contributed by atoms with E-state index in [9.17, 15) is 4.39 Å². The SMILES string of the molecule is NCc1c(F)ccc2[nH]ccc12. The van der Waals surface area contributed by atoms with Crippen LogP contribution < -0.4 is 5.73 Å². The van der Waals surface area contributed by atoms with Crippen LogP contribution in [0.5, 0.6) is 0 Å². The summed E-state index contributed by atoms with van der Waals surface area (Å²) in [6, 6.07) is 4.98.